The summed E-state index contributed by atoms with van der Waals surface area (Å²) in [5.41, 5.74) is 0. The summed E-state index contributed by atoms with van der Waals surface area (Å²) < 4.78 is 0. The van der Waals surface area contributed by atoms with Gasteiger partial charge in [0.2, 0.25) is 0 Å². The minimum absolute atomic E-state index is 0. The van der Waals surface area contributed by atoms with Gasteiger partial charge in [0, 0.05) is 0 Å². The van der Waals surface area contributed by atoms with Crippen molar-refractivity contribution in [3.8, 4) is 0 Å². The molecule has 1 heterocycles. The molecule has 1 N–H and O–H groups in total. The van der Waals surface area contributed by atoms with Crippen LogP contribution in [0.4, 0.5) is 0 Å². The van der Waals surface area contributed by atoms with Crippen molar-refractivity contribution in [2.75, 3.05) is 13.1 Å². The van der Waals surface area contributed by atoms with Crippen molar-refractivity contribution in [1.29, 1.82) is 0 Å². The van der Waals surface area contributed by atoms with Gasteiger partial charge in [-0.2, -0.15) is 0 Å². The fourth-order valence-corrected chi connectivity index (χ4v) is 0.625. The van der Waals surface area contributed by atoms with Gasteiger partial charge in [0.25, 0.3) is 0 Å². The Morgan fingerprint density at radius 2 is 1.50 bits per heavy atom. The van der Waals surface area contributed by atoms with Crippen LogP contribution in [0.2, 0.25) is 0 Å². The molecule has 1 saturated heterocycles. The van der Waals surface area contributed by atoms with E-state index in [-0.39, 0.29) is 11.0 Å². The van der Waals surface area contributed by atoms with Crippen LogP contribution in [0.1, 0.15) is 12.8 Å². The molecule has 0 aromatic rings. The molecule has 1 aliphatic rings. The van der Waals surface area contributed by atoms with Gasteiger partial charge in [0.05, 0.1) is 0 Å². The van der Waals surface area contributed by atoms with E-state index in [4.69, 9.17) is 0 Å². The molecule has 2 heteroatoms. The Hall–Kier alpha value is 0.177. The summed E-state index contributed by atoms with van der Waals surface area (Å²) in [7, 11) is 0. The van der Waals surface area contributed by atoms with Crippen molar-refractivity contribution in [3.05, 3.63) is 0 Å². The van der Waals surface area contributed by atoms with Gasteiger partial charge in [-0.15, -0.1) is 0 Å². The fraction of sp³-hybridized carbons (Fsp3) is 1.00. The first-order valence-electron chi connectivity index (χ1n) is 2.21. The molecule has 1 nitrogen and oxygen atoms in total. The molecule has 1 aliphatic heterocycles. The molecule has 0 unspecified atom stereocenters. The Kier molecular flexibility index (Phi) is 3.47. The van der Waals surface area contributed by atoms with Crippen LogP contribution < -0.4 is 5.32 Å². The van der Waals surface area contributed by atoms with Crippen molar-refractivity contribution < 1.29 is 0 Å². The maximum atomic E-state index is 3.22. The summed E-state index contributed by atoms with van der Waals surface area (Å²) in [5, 5.41) is 3.22. The third kappa shape index (κ3) is 1.57. The molecule has 0 bridgehead atoms. The van der Waals surface area contributed by atoms with E-state index < -0.39 is 0 Å². The number of nitrogens with one attached hydrogen (secondary N) is 1. The smallest absolute Gasteiger partial charge is 0.00484 e. The molecule has 0 atom stereocenters. The maximum Gasteiger partial charge on any atom is -0.00484 e. The molecule has 0 aromatic carbocycles. The molecule has 0 saturated carbocycles. The predicted molar refractivity (Wildman–Crippen MR) is 33.4 cm³/mol. The van der Waals surface area contributed by atoms with Crippen molar-refractivity contribution in [2.45, 2.75) is 12.8 Å². The zero-order valence-corrected chi connectivity index (χ0v) is 3.33. The zero-order valence-electron chi connectivity index (χ0n) is 3.33. The quantitative estimate of drug-likeness (QED) is 0.385. The van der Waals surface area contributed by atoms with Gasteiger partial charge in [-0.25, -0.2) is 0 Å². The van der Waals surface area contributed by atoms with Gasteiger partial charge in [0.15, 0.2) is 0 Å². The van der Waals surface area contributed by atoms with E-state index in [0.717, 1.165) is 0 Å². The van der Waals surface area contributed by atoms with Crippen LogP contribution in [0.25, 0.3) is 0 Å². The first kappa shape index (κ1) is 6.18. The highest BCUT2D eigenvalue weighted by Gasteiger charge is 1.93. The van der Waals surface area contributed by atoms with Crippen LogP contribution in [0, 0.1) is 0 Å². The lowest BCUT2D eigenvalue weighted by Crippen LogP contribution is -2.03. The second kappa shape index (κ2) is 3.37. The first-order chi connectivity index (χ1) is 2.50. The van der Waals surface area contributed by atoms with Gasteiger partial charge in [-0.1, -0.05) is 0 Å². The van der Waals surface area contributed by atoms with E-state index in [1.165, 1.54) is 25.9 Å². The van der Waals surface area contributed by atoms with Gasteiger partial charge in [0.1, 0.15) is 0 Å². The van der Waals surface area contributed by atoms with E-state index in [9.17, 15) is 0 Å². The van der Waals surface area contributed by atoms with E-state index in [1.807, 2.05) is 0 Å². The Morgan fingerprint density at radius 3 is 1.67 bits per heavy atom. The Labute approximate surface area is 43.2 Å². The van der Waals surface area contributed by atoms with Crippen LogP contribution in [0.5, 0.6) is 0 Å². The molecular weight excluding hydrogens is 90.1 g/mol. The molecule has 0 aliphatic carbocycles. The van der Waals surface area contributed by atoms with Crippen LogP contribution in [0.15, 0.2) is 0 Å². The minimum Gasteiger partial charge on any atom is -0.317 e. The molecule has 1 fully saturated rings. The Morgan fingerprint density at radius 1 is 1.00 bits per heavy atom. The summed E-state index contributed by atoms with van der Waals surface area (Å²) >= 11 is 0. The second-order valence-electron chi connectivity index (χ2n) is 1.46. The molecule has 0 radical (unpaired) electrons. The average molecular weight is 103 g/mol. The summed E-state index contributed by atoms with van der Waals surface area (Å²) in [5.74, 6) is 0. The van der Waals surface area contributed by atoms with E-state index in [0.29, 0.717) is 0 Å². The van der Waals surface area contributed by atoms with E-state index in [2.05, 4.69) is 5.32 Å². The largest absolute Gasteiger partial charge is 0.317 e. The summed E-state index contributed by atoms with van der Waals surface area (Å²) in [4.78, 5) is 0. The SMILES string of the molecule is C1CCNC1.[SiH4]. The van der Waals surface area contributed by atoms with Crippen LogP contribution >= 0.6 is 0 Å². The summed E-state index contributed by atoms with van der Waals surface area (Å²) in [6, 6.07) is 0. The summed E-state index contributed by atoms with van der Waals surface area (Å²) in [6.07, 6.45) is 2.78. The summed E-state index contributed by atoms with van der Waals surface area (Å²) in [6.45, 7) is 2.50. The van der Waals surface area contributed by atoms with Gasteiger partial charge < -0.3 is 5.32 Å². The van der Waals surface area contributed by atoms with Crippen molar-refractivity contribution >= 4 is 11.0 Å². The third-order valence-electron chi connectivity index (χ3n) is 0.957. The standard InChI is InChI=1S/C4H9N.H4Si/c1-2-4-5-3-1;/h5H,1-4H2;1H4. The molecule has 0 spiro atoms. The highest BCUT2D eigenvalue weighted by atomic mass is 28.1. The average Bonchev–Trinajstić information content (AvgIpc) is 1.76. The van der Waals surface area contributed by atoms with Gasteiger partial charge >= 0.3 is 0 Å². The van der Waals surface area contributed by atoms with Crippen molar-refractivity contribution in [1.82, 2.24) is 5.32 Å². The maximum absolute atomic E-state index is 3.22. The topological polar surface area (TPSA) is 12.0 Å². The fourth-order valence-electron chi connectivity index (χ4n) is 0.625. The Bertz CT molecular complexity index is 19.1. The van der Waals surface area contributed by atoms with Gasteiger partial charge in [-0.05, 0) is 36.9 Å². The normalized spacial score (nSPS) is 20.0. The lowest BCUT2D eigenvalue weighted by molar-refractivity contribution is 0.857. The Balaban J connectivity index is 0.000000250. The lowest BCUT2D eigenvalue weighted by atomic mass is 10.4. The highest BCUT2D eigenvalue weighted by molar-refractivity contribution is 5.75. The van der Waals surface area contributed by atoms with Crippen LogP contribution in [0.3, 0.4) is 0 Å². The van der Waals surface area contributed by atoms with E-state index >= 15 is 0 Å². The predicted octanol–water partition coefficient (Wildman–Crippen LogP) is -1.08. The molecule has 38 valence electrons. The number of rotatable bonds is 0. The van der Waals surface area contributed by atoms with Crippen molar-refractivity contribution in [2.24, 2.45) is 0 Å². The number of hydrogen-bond donors (Lipinski definition) is 1. The number of hydrogen-bond acceptors (Lipinski definition) is 1. The molecule has 0 aromatic heterocycles. The molecular formula is C4H13NSi. The monoisotopic (exact) mass is 103 g/mol. The molecule has 6 heavy (non-hydrogen) atoms. The second-order valence-corrected chi connectivity index (χ2v) is 1.46. The first-order valence-corrected chi connectivity index (χ1v) is 2.21. The highest BCUT2D eigenvalue weighted by Crippen LogP contribution is 1.90. The van der Waals surface area contributed by atoms with Crippen LogP contribution in [-0.4, -0.2) is 24.1 Å². The minimum atomic E-state index is 0. The molecule has 0 amide bonds. The lowest BCUT2D eigenvalue weighted by Gasteiger charge is -1.76. The van der Waals surface area contributed by atoms with Gasteiger partial charge in [-0.3, -0.25) is 0 Å². The van der Waals surface area contributed by atoms with Crippen molar-refractivity contribution in [3.63, 3.8) is 0 Å². The zero-order chi connectivity index (χ0) is 3.54. The molecule has 1 rings (SSSR count). The van der Waals surface area contributed by atoms with Crippen LogP contribution in [-0.2, 0) is 0 Å². The third-order valence-corrected chi connectivity index (χ3v) is 0.957. The van der Waals surface area contributed by atoms with E-state index in [1.54, 1.807) is 0 Å².